The molecule has 30 heavy (non-hydrogen) atoms. The summed E-state index contributed by atoms with van der Waals surface area (Å²) in [4.78, 5) is 33.5. The minimum absolute atomic E-state index is 0.0751. The first-order chi connectivity index (χ1) is 14.4. The lowest BCUT2D eigenvalue weighted by molar-refractivity contribution is 0.0934. The van der Waals surface area contributed by atoms with Crippen molar-refractivity contribution in [2.45, 2.75) is 26.3 Å². The number of carbonyl (C=O) groups excluding carboxylic acids is 1. The average Bonchev–Trinajstić information content (AvgIpc) is 3.34. The number of hydrogen-bond donors (Lipinski definition) is 2. The van der Waals surface area contributed by atoms with E-state index < -0.39 is 0 Å². The number of aryl methyl sites for hydroxylation is 1. The average molecular weight is 409 g/mol. The van der Waals surface area contributed by atoms with E-state index >= 15 is 0 Å². The summed E-state index contributed by atoms with van der Waals surface area (Å²) in [6, 6.07) is 8.74. The number of H-pyrrole nitrogens is 1. The van der Waals surface area contributed by atoms with E-state index in [1.807, 2.05) is 36.1 Å². The van der Waals surface area contributed by atoms with Crippen molar-refractivity contribution < 1.29 is 9.53 Å². The molecule has 10 heteroatoms. The maximum absolute atomic E-state index is 12.8. The van der Waals surface area contributed by atoms with E-state index in [2.05, 4.69) is 25.6 Å². The van der Waals surface area contributed by atoms with Gasteiger partial charge in [0.05, 0.1) is 18.5 Å². The molecule has 0 spiro atoms. The van der Waals surface area contributed by atoms with Crippen LogP contribution in [-0.4, -0.2) is 57.1 Å². The Morgan fingerprint density at radius 1 is 1.27 bits per heavy atom. The molecule has 0 bridgehead atoms. The number of rotatable bonds is 5. The Bertz CT molecular complexity index is 1120. The lowest BCUT2D eigenvalue weighted by Crippen LogP contribution is -2.38. The van der Waals surface area contributed by atoms with Crippen LogP contribution in [0.1, 0.15) is 28.3 Å². The normalized spacial score (nSPS) is 16.0. The van der Waals surface area contributed by atoms with Crippen molar-refractivity contribution in [3.8, 4) is 11.4 Å². The van der Waals surface area contributed by atoms with Crippen LogP contribution in [0.4, 0.5) is 5.95 Å². The highest BCUT2D eigenvalue weighted by molar-refractivity contribution is 5.93. The molecule has 0 radical (unpaired) electrons. The summed E-state index contributed by atoms with van der Waals surface area (Å²) < 4.78 is 6.79. The molecule has 4 rings (SSSR count). The van der Waals surface area contributed by atoms with Gasteiger partial charge >= 0.3 is 0 Å². The van der Waals surface area contributed by atoms with Crippen molar-refractivity contribution in [3.05, 3.63) is 57.8 Å². The first-order valence-corrected chi connectivity index (χ1v) is 9.65. The van der Waals surface area contributed by atoms with Crippen LogP contribution < -0.4 is 20.5 Å². The van der Waals surface area contributed by atoms with E-state index in [9.17, 15) is 9.59 Å². The smallest absolute Gasteiger partial charge is 0.274 e. The lowest BCUT2D eigenvalue weighted by Gasteiger charge is -2.17. The molecule has 1 atom stereocenters. The number of nitrogens with zero attached hydrogens (tertiary/aromatic N) is 5. The number of nitrogens with one attached hydrogen (secondary N) is 2. The second-order valence-electron chi connectivity index (χ2n) is 7.25. The molecular weight excluding hydrogens is 386 g/mol. The molecule has 1 unspecified atom stereocenters. The number of benzene rings is 1. The van der Waals surface area contributed by atoms with E-state index in [4.69, 9.17) is 4.74 Å². The van der Waals surface area contributed by atoms with Gasteiger partial charge in [-0.15, -0.1) is 5.10 Å². The molecule has 1 aliphatic heterocycles. The summed E-state index contributed by atoms with van der Waals surface area (Å²) in [5.74, 6) is 0.993. The molecule has 156 valence electrons. The number of anilines is 1. The van der Waals surface area contributed by atoms with Gasteiger partial charge in [-0.25, -0.2) is 9.67 Å². The molecule has 2 N–H and O–H groups in total. The lowest BCUT2D eigenvalue weighted by atomic mass is 10.2. The zero-order valence-electron chi connectivity index (χ0n) is 17.0. The van der Waals surface area contributed by atoms with Crippen LogP contribution in [0.5, 0.6) is 5.75 Å². The topological polar surface area (TPSA) is 118 Å². The molecule has 1 saturated heterocycles. The molecule has 0 aliphatic carbocycles. The first kappa shape index (κ1) is 19.6. The maximum atomic E-state index is 12.8. The fourth-order valence-corrected chi connectivity index (χ4v) is 3.54. The Kier molecular flexibility index (Phi) is 5.21. The Morgan fingerprint density at radius 3 is 2.73 bits per heavy atom. The van der Waals surface area contributed by atoms with Crippen LogP contribution in [0.25, 0.3) is 5.69 Å². The van der Waals surface area contributed by atoms with E-state index in [1.165, 1.54) is 6.07 Å². The van der Waals surface area contributed by atoms with Crippen molar-refractivity contribution in [1.29, 1.82) is 0 Å². The molecule has 0 saturated carbocycles. The number of methoxy groups -OCH3 is 1. The number of aromatic amines is 1. The summed E-state index contributed by atoms with van der Waals surface area (Å²) >= 11 is 0. The van der Waals surface area contributed by atoms with Crippen LogP contribution in [0.15, 0.2) is 35.1 Å². The zero-order chi connectivity index (χ0) is 21.3. The van der Waals surface area contributed by atoms with Gasteiger partial charge in [0.1, 0.15) is 5.75 Å². The molecule has 3 aromatic rings. The van der Waals surface area contributed by atoms with E-state index in [0.29, 0.717) is 30.4 Å². The minimum Gasteiger partial charge on any atom is -0.497 e. The van der Waals surface area contributed by atoms with Crippen molar-refractivity contribution in [3.63, 3.8) is 0 Å². The van der Waals surface area contributed by atoms with Crippen LogP contribution >= 0.6 is 0 Å². The molecule has 1 fully saturated rings. The summed E-state index contributed by atoms with van der Waals surface area (Å²) in [5.41, 5.74) is 2.20. The number of ether oxygens (including phenoxy) is 1. The highest BCUT2D eigenvalue weighted by Gasteiger charge is 2.27. The SMILES string of the molecule is COc1ccc(-n2nnc(C(=O)NC3CCN(c4nc(C)cc(=O)[nH]4)C3)c2C)cc1. The molecule has 2 aromatic heterocycles. The number of aromatic nitrogens is 5. The summed E-state index contributed by atoms with van der Waals surface area (Å²) in [7, 11) is 1.61. The van der Waals surface area contributed by atoms with Gasteiger partial charge in [0.15, 0.2) is 5.69 Å². The standard InChI is InChI=1S/C20H23N7O3/c1-12-10-17(28)23-20(21-12)26-9-8-14(11-26)22-19(29)18-13(2)27(25-24-18)15-4-6-16(30-3)7-5-15/h4-7,10,14H,8-9,11H2,1-3H3,(H,22,29)(H,21,23,28). The third-order valence-electron chi connectivity index (χ3n) is 5.11. The van der Waals surface area contributed by atoms with Crippen LogP contribution in [0.2, 0.25) is 0 Å². The number of hydrogen-bond acceptors (Lipinski definition) is 7. The Balaban J connectivity index is 1.44. The second-order valence-corrected chi connectivity index (χ2v) is 7.25. The van der Waals surface area contributed by atoms with Gasteiger partial charge in [-0.3, -0.25) is 14.6 Å². The number of amides is 1. The van der Waals surface area contributed by atoms with Crippen LogP contribution in [0, 0.1) is 13.8 Å². The third kappa shape index (κ3) is 3.88. The molecule has 1 aromatic carbocycles. The first-order valence-electron chi connectivity index (χ1n) is 9.65. The van der Waals surface area contributed by atoms with Crippen molar-refractivity contribution in [2.75, 3.05) is 25.1 Å². The Hall–Kier alpha value is -3.69. The Labute approximate surface area is 172 Å². The number of carbonyl (C=O) groups is 1. The molecule has 10 nitrogen and oxygen atoms in total. The largest absolute Gasteiger partial charge is 0.497 e. The third-order valence-corrected chi connectivity index (χ3v) is 5.11. The van der Waals surface area contributed by atoms with Crippen LogP contribution in [-0.2, 0) is 0 Å². The van der Waals surface area contributed by atoms with Gasteiger partial charge in [-0.1, -0.05) is 5.21 Å². The van der Waals surface area contributed by atoms with Crippen molar-refractivity contribution in [1.82, 2.24) is 30.3 Å². The van der Waals surface area contributed by atoms with Crippen molar-refractivity contribution >= 4 is 11.9 Å². The van der Waals surface area contributed by atoms with Gasteiger partial charge in [0, 0.05) is 30.9 Å². The predicted octanol–water partition coefficient (Wildman–Crippen LogP) is 0.985. The minimum atomic E-state index is -0.273. The fraction of sp³-hybridized carbons (Fsp3) is 0.350. The maximum Gasteiger partial charge on any atom is 0.274 e. The van der Waals surface area contributed by atoms with E-state index in [0.717, 1.165) is 17.9 Å². The summed E-state index contributed by atoms with van der Waals surface area (Å²) in [6.45, 7) is 4.84. The highest BCUT2D eigenvalue weighted by Crippen LogP contribution is 2.18. The van der Waals surface area contributed by atoms with E-state index in [1.54, 1.807) is 18.7 Å². The zero-order valence-corrected chi connectivity index (χ0v) is 17.0. The van der Waals surface area contributed by atoms with Gasteiger partial charge < -0.3 is 15.0 Å². The fourth-order valence-electron chi connectivity index (χ4n) is 3.54. The van der Waals surface area contributed by atoms with Gasteiger partial charge in [-0.2, -0.15) is 0 Å². The molecule has 1 aliphatic rings. The summed E-state index contributed by atoms with van der Waals surface area (Å²) in [6.07, 6.45) is 0.745. The van der Waals surface area contributed by atoms with Gasteiger partial charge in [0.25, 0.3) is 11.5 Å². The molecular formula is C20H23N7O3. The highest BCUT2D eigenvalue weighted by atomic mass is 16.5. The monoisotopic (exact) mass is 409 g/mol. The molecule has 3 heterocycles. The van der Waals surface area contributed by atoms with E-state index in [-0.39, 0.29) is 23.2 Å². The van der Waals surface area contributed by atoms with Crippen LogP contribution in [0.3, 0.4) is 0 Å². The van der Waals surface area contributed by atoms with Crippen molar-refractivity contribution in [2.24, 2.45) is 0 Å². The van der Waals surface area contributed by atoms with Gasteiger partial charge in [-0.05, 0) is 44.5 Å². The predicted molar refractivity (Wildman–Crippen MR) is 110 cm³/mol. The van der Waals surface area contributed by atoms with Gasteiger partial charge in [0.2, 0.25) is 5.95 Å². The second kappa shape index (κ2) is 7.97. The Morgan fingerprint density at radius 2 is 2.03 bits per heavy atom. The molecule has 1 amide bonds. The summed E-state index contributed by atoms with van der Waals surface area (Å²) in [5, 5.41) is 11.2. The quantitative estimate of drug-likeness (QED) is 0.645.